The van der Waals surface area contributed by atoms with Crippen molar-refractivity contribution in [1.82, 2.24) is 5.32 Å². The number of hydrogen-bond acceptors (Lipinski definition) is 3. The highest BCUT2D eigenvalue weighted by molar-refractivity contribution is 5.96. The highest BCUT2D eigenvalue weighted by Gasteiger charge is 2.38. The summed E-state index contributed by atoms with van der Waals surface area (Å²) in [5.74, 6) is 0.659. The van der Waals surface area contributed by atoms with Crippen LogP contribution in [-0.2, 0) is 11.6 Å². The van der Waals surface area contributed by atoms with Crippen molar-refractivity contribution in [3.63, 3.8) is 0 Å². The van der Waals surface area contributed by atoms with Gasteiger partial charge in [0.1, 0.15) is 13.2 Å². The lowest BCUT2D eigenvalue weighted by atomic mass is 9.78. The van der Waals surface area contributed by atoms with E-state index in [1.54, 1.807) is 0 Å². The number of hydrogen-bond donors (Lipinski definition) is 1. The molecule has 0 unspecified atom stereocenters. The van der Waals surface area contributed by atoms with Crippen LogP contribution in [0.2, 0.25) is 0 Å². The van der Waals surface area contributed by atoms with Gasteiger partial charge in [0.2, 0.25) is 0 Å². The second kappa shape index (κ2) is 7.61. The topological polar surface area (TPSA) is 47.6 Å². The van der Waals surface area contributed by atoms with E-state index in [4.69, 9.17) is 9.47 Å². The zero-order valence-corrected chi connectivity index (χ0v) is 15.8. The smallest absolute Gasteiger partial charge is 0.417 e. The molecule has 2 aromatic carbocycles. The zero-order chi connectivity index (χ0) is 20.5. The first-order valence-electron chi connectivity index (χ1n) is 9.74. The molecule has 1 heterocycles. The highest BCUT2D eigenvalue weighted by atomic mass is 19.4. The fourth-order valence-corrected chi connectivity index (χ4v) is 4.27. The average Bonchev–Trinajstić information content (AvgIpc) is 3.21. The van der Waals surface area contributed by atoms with E-state index in [0.29, 0.717) is 24.7 Å². The Morgan fingerprint density at radius 1 is 1.00 bits per heavy atom. The first kappa shape index (κ1) is 19.6. The fraction of sp³-hybridized carbons (Fsp3) is 0.409. The van der Waals surface area contributed by atoms with Crippen LogP contribution in [-0.4, -0.2) is 25.7 Å². The lowest BCUT2D eigenvalue weighted by Crippen LogP contribution is -2.39. The van der Waals surface area contributed by atoms with E-state index in [2.05, 4.69) is 5.32 Å². The molecule has 0 radical (unpaired) electrons. The Balaban J connectivity index is 1.57. The Morgan fingerprint density at radius 3 is 2.41 bits per heavy atom. The van der Waals surface area contributed by atoms with Gasteiger partial charge in [0.05, 0.1) is 11.1 Å². The number of benzene rings is 2. The highest BCUT2D eigenvalue weighted by Crippen LogP contribution is 2.44. The van der Waals surface area contributed by atoms with Gasteiger partial charge in [-0.05, 0) is 42.7 Å². The zero-order valence-electron chi connectivity index (χ0n) is 15.8. The fourth-order valence-electron chi connectivity index (χ4n) is 4.27. The van der Waals surface area contributed by atoms with Crippen molar-refractivity contribution in [1.29, 1.82) is 0 Å². The molecular weight excluding hydrogens is 383 g/mol. The number of rotatable bonds is 4. The van der Waals surface area contributed by atoms with Gasteiger partial charge in [0, 0.05) is 12.0 Å². The van der Waals surface area contributed by atoms with Gasteiger partial charge in [0.25, 0.3) is 5.91 Å². The SMILES string of the molecule is O=C(NCC1(c2ccc3c(c2)OCCO3)CCCC1)c1ccccc1C(F)(F)F. The molecule has 0 bridgehead atoms. The predicted octanol–water partition coefficient (Wildman–Crippen LogP) is 4.72. The van der Waals surface area contributed by atoms with Gasteiger partial charge in [0.15, 0.2) is 11.5 Å². The molecule has 2 aliphatic rings. The molecule has 1 amide bonds. The van der Waals surface area contributed by atoms with Crippen LogP contribution in [0, 0.1) is 0 Å². The van der Waals surface area contributed by atoms with Crippen molar-refractivity contribution >= 4 is 5.91 Å². The molecular formula is C22H22F3NO3. The van der Waals surface area contributed by atoms with Crippen molar-refractivity contribution < 1.29 is 27.4 Å². The number of nitrogens with one attached hydrogen (secondary N) is 1. The van der Waals surface area contributed by atoms with Gasteiger partial charge < -0.3 is 14.8 Å². The lowest BCUT2D eigenvalue weighted by molar-refractivity contribution is -0.137. The summed E-state index contributed by atoms with van der Waals surface area (Å²) < 4.78 is 51.0. The second-order valence-electron chi connectivity index (χ2n) is 7.57. The number of halogens is 3. The van der Waals surface area contributed by atoms with Gasteiger partial charge in [-0.25, -0.2) is 0 Å². The van der Waals surface area contributed by atoms with Crippen LogP contribution in [0.25, 0.3) is 0 Å². The minimum absolute atomic E-state index is 0.275. The third-order valence-electron chi connectivity index (χ3n) is 5.78. The molecule has 0 saturated heterocycles. The minimum atomic E-state index is -4.57. The predicted molar refractivity (Wildman–Crippen MR) is 101 cm³/mol. The van der Waals surface area contributed by atoms with Crippen LogP contribution in [0.5, 0.6) is 11.5 Å². The molecule has 154 valence electrons. The molecule has 4 nitrogen and oxygen atoms in total. The van der Waals surface area contributed by atoms with E-state index in [9.17, 15) is 18.0 Å². The molecule has 1 aliphatic heterocycles. The van der Waals surface area contributed by atoms with E-state index in [1.165, 1.54) is 18.2 Å². The van der Waals surface area contributed by atoms with Crippen LogP contribution in [0.15, 0.2) is 42.5 Å². The molecule has 1 N–H and O–H groups in total. The Kier molecular flexibility index (Phi) is 5.15. The van der Waals surface area contributed by atoms with Crippen LogP contribution < -0.4 is 14.8 Å². The van der Waals surface area contributed by atoms with E-state index >= 15 is 0 Å². The first-order chi connectivity index (χ1) is 13.9. The van der Waals surface area contributed by atoms with Gasteiger partial charge in [-0.3, -0.25) is 4.79 Å². The second-order valence-corrected chi connectivity index (χ2v) is 7.57. The number of carbonyl (C=O) groups is 1. The van der Waals surface area contributed by atoms with Gasteiger partial charge in [-0.1, -0.05) is 31.0 Å². The Hall–Kier alpha value is -2.70. The molecule has 1 fully saturated rings. The van der Waals surface area contributed by atoms with Crippen molar-refractivity contribution in [2.45, 2.75) is 37.3 Å². The quantitative estimate of drug-likeness (QED) is 0.801. The molecule has 4 rings (SSSR count). The van der Waals surface area contributed by atoms with E-state index < -0.39 is 17.6 Å². The van der Waals surface area contributed by atoms with Gasteiger partial charge >= 0.3 is 6.18 Å². The van der Waals surface area contributed by atoms with Gasteiger partial charge in [-0.15, -0.1) is 0 Å². The third-order valence-corrected chi connectivity index (χ3v) is 5.78. The minimum Gasteiger partial charge on any atom is -0.486 e. The summed E-state index contributed by atoms with van der Waals surface area (Å²) in [6, 6.07) is 10.6. The summed E-state index contributed by atoms with van der Waals surface area (Å²) in [6.07, 6.45) is -0.858. The molecule has 7 heteroatoms. The Morgan fingerprint density at radius 2 is 1.69 bits per heavy atom. The maximum absolute atomic E-state index is 13.2. The maximum atomic E-state index is 13.2. The van der Waals surface area contributed by atoms with E-state index in [1.807, 2.05) is 18.2 Å². The first-order valence-corrected chi connectivity index (χ1v) is 9.74. The molecule has 29 heavy (non-hydrogen) atoms. The maximum Gasteiger partial charge on any atom is 0.417 e. The largest absolute Gasteiger partial charge is 0.486 e. The monoisotopic (exact) mass is 405 g/mol. The average molecular weight is 405 g/mol. The molecule has 1 aliphatic carbocycles. The van der Waals surface area contributed by atoms with Crippen molar-refractivity contribution in [2.24, 2.45) is 0 Å². The molecule has 1 saturated carbocycles. The third kappa shape index (κ3) is 3.91. The summed E-state index contributed by atoms with van der Waals surface area (Å²) in [4.78, 5) is 12.6. The summed E-state index contributed by atoms with van der Waals surface area (Å²) in [7, 11) is 0. The summed E-state index contributed by atoms with van der Waals surface area (Å²) >= 11 is 0. The number of ether oxygens (including phenoxy) is 2. The molecule has 0 spiro atoms. The molecule has 0 atom stereocenters. The number of alkyl halides is 3. The number of fused-ring (bicyclic) bond motifs is 1. The Bertz CT molecular complexity index is 904. The normalized spacial score (nSPS) is 17.8. The lowest BCUT2D eigenvalue weighted by Gasteiger charge is -2.31. The van der Waals surface area contributed by atoms with Crippen molar-refractivity contribution in [2.75, 3.05) is 19.8 Å². The molecule has 0 aromatic heterocycles. The van der Waals surface area contributed by atoms with Crippen LogP contribution >= 0.6 is 0 Å². The van der Waals surface area contributed by atoms with Crippen molar-refractivity contribution in [3.05, 3.63) is 59.2 Å². The Labute approximate surface area is 167 Å². The molecule has 2 aromatic rings. The van der Waals surface area contributed by atoms with Crippen LogP contribution in [0.4, 0.5) is 13.2 Å². The van der Waals surface area contributed by atoms with E-state index in [0.717, 1.165) is 37.3 Å². The van der Waals surface area contributed by atoms with E-state index in [-0.39, 0.29) is 17.5 Å². The standard InChI is InChI=1S/C22H22F3NO3/c23-22(24,25)17-6-2-1-5-16(17)20(27)26-14-21(9-3-4-10-21)15-7-8-18-19(13-15)29-12-11-28-18/h1-2,5-8,13H,3-4,9-12,14H2,(H,26,27). The number of amides is 1. The summed E-state index contributed by atoms with van der Waals surface area (Å²) in [5.41, 5.74) is -0.574. The van der Waals surface area contributed by atoms with Crippen LogP contribution in [0.3, 0.4) is 0 Å². The van der Waals surface area contributed by atoms with Gasteiger partial charge in [-0.2, -0.15) is 13.2 Å². The van der Waals surface area contributed by atoms with Crippen LogP contribution in [0.1, 0.15) is 47.2 Å². The van der Waals surface area contributed by atoms with Crippen molar-refractivity contribution in [3.8, 4) is 11.5 Å². The summed E-state index contributed by atoms with van der Waals surface area (Å²) in [6.45, 7) is 1.26. The number of carbonyl (C=O) groups excluding carboxylic acids is 1. The summed E-state index contributed by atoms with van der Waals surface area (Å²) in [5, 5.41) is 2.76.